The summed E-state index contributed by atoms with van der Waals surface area (Å²) in [5.74, 6) is -2.17. The molecule has 0 aromatic rings. The highest BCUT2D eigenvalue weighted by molar-refractivity contribution is 5.80. The van der Waals surface area contributed by atoms with Gasteiger partial charge in [-0.1, -0.05) is 0 Å². The summed E-state index contributed by atoms with van der Waals surface area (Å²) in [6.07, 6.45) is 0.972. The first-order valence-electron chi connectivity index (χ1n) is 4.72. The van der Waals surface area contributed by atoms with E-state index in [1.165, 1.54) is 0 Å². The highest BCUT2D eigenvalue weighted by Gasteiger charge is 2.04. The third kappa shape index (κ3) is 10.3. The van der Waals surface area contributed by atoms with Crippen molar-refractivity contribution in [3.8, 4) is 0 Å². The molecular weight excluding hydrogens is 202 g/mol. The average molecular weight is 217 g/mol. The minimum absolute atomic E-state index is 0.0335. The van der Waals surface area contributed by atoms with Crippen LogP contribution < -0.4 is 5.32 Å². The number of rotatable bonds is 8. The minimum Gasteiger partial charge on any atom is -0.481 e. The number of aliphatic carboxylic acids is 2. The van der Waals surface area contributed by atoms with E-state index in [0.717, 1.165) is 0 Å². The van der Waals surface area contributed by atoms with Crippen LogP contribution in [0.4, 0.5) is 0 Å². The van der Waals surface area contributed by atoms with Crippen LogP contribution in [0.25, 0.3) is 0 Å². The first kappa shape index (κ1) is 13.4. The molecule has 0 saturated heterocycles. The Kier molecular flexibility index (Phi) is 6.96. The van der Waals surface area contributed by atoms with Gasteiger partial charge in [0.05, 0.1) is 6.42 Å². The van der Waals surface area contributed by atoms with Crippen molar-refractivity contribution in [1.82, 2.24) is 5.32 Å². The smallest absolute Gasteiger partial charge is 0.303 e. The largest absolute Gasteiger partial charge is 0.481 e. The second kappa shape index (κ2) is 7.78. The van der Waals surface area contributed by atoms with Crippen LogP contribution in [0.5, 0.6) is 0 Å². The van der Waals surface area contributed by atoms with E-state index >= 15 is 0 Å². The molecule has 0 bridgehead atoms. The van der Waals surface area contributed by atoms with Gasteiger partial charge in [-0.2, -0.15) is 0 Å². The topological polar surface area (TPSA) is 104 Å². The lowest BCUT2D eigenvalue weighted by Gasteiger charge is -2.02. The van der Waals surface area contributed by atoms with E-state index in [0.29, 0.717) is 19.4 Å². The van der Waals surface area contributed by atoms with Crippen molar-refractivity contribution in [1.29, 1.82) is 0 Å². The SMILES string of the molecule is O=C(O)CCCCNC(=O)CCC(=O)O. The van der Waals surface area contributed by atoms with Gasteiger partial charge in [0.25, 0.3) is 0 Å². The Morgan fingerprint density at radius 2 is 1.47 bits per heavy atom. The van der Waals surface area contributed by atoms with E-state index in [-0.39, 0.29) is 25.2 Å². The summed E-state index contributed by atoms with van der Waals surface area (Å²) in [5, 5.41) is 19.1. The summed E-state index contributed by atoms with van der Waals surface area (Å²) in [6, 6.07) is 0. The maximum atomic E-state index is 11.0. The number of amides is 1. The molecule has 0 aliphatic rings. The van der Waals surface area contributed by atoms with Crippen LogP contribution in [-0.4, -0.2) is 34.6 Å². The third-order valence-electron chi connectivity index (χ3n) is 1.71. The average Bonchev–Trinajstić information content (AvgIpc) is 2.13. The first-order valence-corrected chi connectivity index (χ1v) is 4.72. The maximum absolute atomic E-state index is 11.0. The highest BCUT2D eigenvalue weighted by atomic mass is 16.4. The molecule has 15 heavy (non-hydrogen) atoms. The van der Waals surface area contributed by atoms with Crippen LogP contribution in [0.3, 0.4) is 0 Å². The van der Waals surface area contributed by atoms with Crippen molar-refractivity contribution in [2.24, 2.45) is 0 Å². The molecule has 6 heteroatoms. The Hall–Kier alpha value is -1.59. The fourth-order valence-corrected chi connectivity index (χ4v) is 0.938. The van der Waals surface area contributed by atoms with Gasteiger partial charge >= 0.3 is 11.9 Å². The number of carboxylic acids is 2. The first-order chi connectivity index (χ1) is 7.02. The van der Waals surface area contributed by atoms with Crippen molar-refractivity contribution in [2.45, 2.75) is 32.1 Å². The lowest BCUT2D eigenvalue weighted by Crippen LogP contribution is -2.24. The van der Waals surface area contributed by atoms with Crippen LogP contribution in [0.1, 0.15) is 32.1 Å². The van der Waals surface area contributed by atoms with Gasteiger partial charge in [-0.3, -0.25) is 14.4 Å². The number of hydrogen-bond donors (Lipinski definition) is 3. The second-order valence-corrected chi connectivity index (χ2v) is 3.09. The molecule has 6 nitrogen and oxygen atoms in total. The zero-order valence-corrected chi connectivity index (χ0v) is 8.36. The van der Waals surface area contributed by atoms with Gasteiger partial charge in [0.2, 0.25) is 5.91 Å². The summed E-state index contributed by atoms with van der Waals surface area (Å²) in [4.78, 5) is 31.2. The van der Waals surface area contributed by atoms with E-state index in [4.69, 9.17) is 10.2 Å². The van der Waals surface area contributed by atoms with Gasteiger partial charge in [0.1, 0.15) is 0 Å². The Balaban J connectivity index is 3.31. The number of unbranched alkanes of at least 4 members (excludes halogenated alkanes) is 1. The van der Waals surface area contributed by atoms with E-state index in [9.17, 15) is 14.4 Å². The van der Waals surface area contributed by atoms with Crippen molar-refractivity contribution >= 4 is 17.8 Å². The monoisotopic (exact) mass is 217 g/mol. The summed E-state index contributed by atoms with van der Waals surface area (Å²) in [7, 11) is 0. The molecule has 0 radical (unpaired) electrons. The lowest BCUT2D eigenvalue weighted by molar-refractivity contribution is -0.139. The molecule has 0 aliphatic carbocycles. The predicted molar refractivity (Wildman–Crippen MR) is 51.4 cm³/mol. The Labute approximate surface area is 87.3 Å². The number of carbonyl (C=O) groups excluding carboxylic acids is 1. The molecule has 0 fully saturated rings. The van der Waals surface area contributed by atoms with E-state index < -0.39 is 11.9 Å². The number of nitrogens with one attached hydrogen (secondary N) is 1. The summed E-state index contributed by atoms with van der Waals surface area (Å²) < 4.78 is 0. The van der Waals surface area contributed by atoms with Crippen molar-refractivity contribution < 1.29 is 24.6 Å². The molecule has 0 saturated carbocycles. The maximum Gasteiger partial charge on any atom is 0.303 e. The van der Waals surface area contributed by atoms with Crippen molar-refractivity contribution in [3.05, 3.63) is 0 Å². The van der Waals surface area contributed by atoms with Crippen molar-refractivity contribution in [2.75, 3.05) is 6.54 Å². The fraction of sp³-hybridized carbons (Fsp3) is 0.667. The zero-order chi connectivity index (χ0) is 11.7. The normalized spacial score (nSPS) is 9.60. The van der Waals surface area contributed by atoms with E-state index in [2.05, 4.69) is 5.32 Å². The quantitative estimate of drug-likeness (QED) is 0.504. The van der Waals surface area contributed by atoms with Gasteiger partial charge in [0.15, 0.2) is 0 Å². The van der Waals surface area contributed by atoms with E-state index in [1.54, 1.807) is 0 Å². The standard InChI is InChI=1S/C9H15NO5/c11-7(4-5-9(14)15)10-6-2-1-3-8(12)13/h1-6H2,(H,10,11)(H,12,13)(H,14,15). The molecule has 0 rings (SSSR count). The molecule has 0 aliphatic heterocycles. The summed E-state index contributed by atoms with van der Waals surface area (Å²) in [6.45, 7) is 0.395. The van der Waals surface area contributed by atoms with Gasteiger partial charge in [-0.15, -0.1) is 0 Å². The molecule has 1 amide bonds. The Bertz CT molecular complexity index is 239. The van der Waals surface area contributed by atoms with Crippen LogP contribution in [0.15, 0.2) is 0 Å². The third-order valence-corrected chi connectivity index (χ3v) is 1.71. The van der Waals surface area contributed by atoms with Crippen LogP contribution in [0, 0.1) is 0 Å². The molecule has 0 heterocycles. The van der Waals surface area contributed by atoms with Gasteiger partial charge in [0, 0.05) is 19.4 Å². The molecule has 0 spiro atoms. The molecule has 0 aromatic carbocycles. The molecule has 0 atom stereocenters. The molecule has 0 aromatic heterocycles. The van der Waals surface area contributed by atoms with Gasteiger partial charge in [-0.05, 0) is 12.8 Å². The molecule has 0 unspecified atom stereocenters. The van der Waals surface area contributed by atoms with Gasteiger partial charge in [-0.25, -0.2) is 0 Å². The highest BCUT2D eigenvalue weighted by Crippen LogP contribution is 1.94. The predicted octanol–water partition coefficient (Wildman–Crippen LogP) is 0.222. The molecular formula is C9H15NO5. The van der Waals surface area contributed by atoms with Crippen LogP contribution in [0.2, 0.25) is 0 Å². The van der Waals surface area contributed by atoms with Crippen LogP contribution in [-0.2, 0) is 14.4 Å². The van der Waals surface area contributed by atoms with E-state index in [1.807, 2.05) is 0 Å². The van der Waals surface area contributed by atoms with Gasteiger partial charge < -0.3 is 15.5 Å². The van der Waals surface area contributed by atoms with Crippen molar-refractivity contribution in [3.63, 3.8) is 0 Å². The zero-order valence-electron chi connectivity index (χ0n) is 8.36. The Morgan fingerprint density at radius 3 is 2.00 bits per heavy atom. The van der Waals surface area contributed by atoms with Crippen LogP contribution >= 0.6 is 0 Å². The molecule has 86 valence electrons. The Morgan fingerprint density at radius 1 is 0.867 bits per heavy atom. The molecule has 3 N–H and O–H groups in total. The number of hydrogen-bond acceptors (Lipinski definition) is 3. The summed E-state index contributed by atoms with van der Waals surface area (Å²) in [5.41, 5.74) is 0. The fourth-order valence-electron chi connectivity index (χ4n) is 0.938. The number of carboxylic acid groups (broad SMARTS) is 2. The summed E-state index contributed by atoms with van der Waals surface area (Å²) >= 11 is 0. The minimum atomic E-state index is -1.00. The number of carbonyl (C=O) groups is 3. The second-order valence-electron chi connectivity index (χ2n) is 3.09. The lowest BCUT2D eigenvalue weighted by atomic mass is 10.2.